The Hall–Kier alpha value is -3.89. The van der Waals surface area contributed by atoms with Gasteiger partial charge >= 0.3 is 5.97 Å². The first-order chi connectivity index (χ1) is 18.1. The van der Waals surface area contributed by atoms with Gasteiger partial charge in [0.1, 0.15) is 52.4 Å². The second kappa shape index (κ2) is 10.8. The van der Waals surface area contributed by atoms with E-state index in [0.29, 0.717) is 41.4 Å². The molecule has 0 amide bonds. The van der Waals surface area contributed by atoms with Gasteiger partial charge in [0.25, 0.3) is 0 Å². The highest BCUT2D eigenvalue weighted by Gasteiger charge is 2.43. The van der Waals surface area contributed by atoms with Crippen molar-refractivity contribution in [1.29, 1.82) is 0 Å². The maximum absolute atomic E-state index is 13.0. The zero-order valence-electron chi connectivity index (χ0n) is 22.0. The van der Waals surface area contributed by atoms with Gasteiger partial charge in [-0.2, -0.15) is 0 Å². The largest absolute Gasteiger partial charge is 0.507 e. The lowest BCUT2D eigenvalue weighted by Crippen LogP contribution is -2.49. The predicted molar refractivity (Wildman–Crippen MR) is 142 cm³/mol. The summed E-state index contributed by atoms with van der Waals surface area (Å²) in [5.74, 6) is -0.0822. The summed E-state index contributed by atoms with van der Waals surface area (Å²) in [7, 11) is 0. The SMILES string of the molecule is CC=C(CNCC)C(=O)OC1Cc2c(c(Cc3ccnc(N)c3)c3oc(CO)cc(=O)c3c2O)OC1(C)C. The fraction of sp³-hybridized carbons (Fsp3) is 0.393. The number of aliphatic hydroxyl groups is 1. The molecule has 1 aliphatic heterocycles. The number of nitrogen functional groups attached to an aromatic ring is 1. The fourth-order valence-electron chi connectivity index (χ4n) is 4.58. The molecule has 1 aliphatic rings. The number of rotatable bonds is 8. The number of aliphatic hydroxyl groups excluding tert-OH is 1. The minimum absolute atomic E-state index is 0.0346. The number of nitrogens with one attached hydrogen (secondary N) is 1. The number of esters is 1. The van der Waals surface area contributed by atoms with Crippen molar-refractivity contribution in [2.75, 3.05) is 18.8 Å². The van der Waals surface area contributed by atoms with Gasteiger partial charge in [-0.1, -0.05) is 13.0 Å². The Bertz CT molecular complexity index is 1460. The lowest BCUT2D eigenvalue weighted by molar-refractivity contribution is -0.156. The maximum Gasteiger partial charge on any atom is 0.335 e. The molecule has 10 heteroatoms. The second-order valence-electron chi connectivity index (χ2n) is 9.74. The third-order valence-electron chi connectivity index (χ3n) is 6.68. The maximum atomic E-state index is 13.0. The molecule has 2 aromatic heterocycles. The van der Waals surface area contributed by atoms with Crippen LogP contribution in [0, 0.1) is 0 Å². The quantitative estimate of drug-likeness (QED) is 0.256. The molecule has 0 aliphatic carbocycles. The van der Waals surface area contributed by atoms with Crippen LogP contribution >= 0.6 is 0 Å². The number of carbonyl (C=O) groups is 1. The lowest BCUT2D eigenvalue weighted by Gasteiger charge is -2.40. The summed E-state index contributed by atoms with van der Waals surface area (Å²) in [4.78, 5) is 30.0. The smallest absolute Gasteiger partial charge is 0.335 e. The minimum atomic E-state index is -0.985. The van der Waals surface area contributed by atoms with Crippen molar-refractivity contribution >= 4 is 22.8 Å². The summed E-state index contributed by atoms with van der Waals surface area (Å²) in [5.41, 5.74) is 6.60. The molecule has 0 radical (unpaired) electrons. The molecule has 4 rings (SSSR count). The number of allylic oxidation sites excluding steroid dienone is 1. The van der Waals surface area contributed by atoms with E-state index in [2.05, 4.69) is 10.3 Å². The summed E-state index contributed by atoms with van der Waals surface area (Å²) >= 11 is 0. The van der Waals surface area contributed by atoms with Gasteiger partial charge in [-0.05, 0) is 45.0 Å². The Labute approximate surface area is 220 Å². The molecule has 0 bridgehead atoms. The third-order valence-corrected chi connectivity index (χ3v) is 6.68. The summed E-state index contributed by atoms with van der Waals surface area (Å²) in [5, 5.41) is 24.0. The molecule has 1 unspecified atom stereocenters. The Morgan fingerprint density at radius 1 is 1.37 bits per heavy atom. The molecular formula is C28H33N3O7. The zero-order chi connectivity index (χ0) is 27.6. The first kappa shape index (κ1) is 27.2. The zero-order valence-corrected chi connectivity index (χ0v) is 22.0. The van der Waals surface area contributed by atoms with Crippen LogP contribution in [0.2, 0.25) is 0 Å². The number of carbonyl (C=O) groups excluding carboxylic acids is 1. The first-order valence-corrected chi connectivity index (χ1v) is 12.5. The van der Waals surface area contributed by atoms with Crippen molar-refractivity contribution in [2.45, 2.75) is 58.8 Å². The number of aromatic nitrogens is 1. The van der Waals surface area contributed by atoms with Crippen LogP contribution in [0.1, 0.15) is 50.1 Å². The van der Waals surface area contributed by atoms with Gasteiger partial charge in [-0.3, -0.25) is 4.79 Å². The molecule has 1 aromatic carbocycles. The molecule has 0 fully saturated rings. The molecular weight excluding hydrogens is 490 g/mol. The topological polar surface area (TPSA) is 157 Å². The fourth-order valence-corrected chi connectivity index (χ4v) is 4.58. The van der Waals surface area contributed by atoms with Gasteiger partial charge < -0.3 is 35.2 Å². The van der Waals surface area contributed by atoms with Gasteiger partial charge in [0.2, 0.25) is 0 Å². The molecule has 3 aromatic rings. The van der Waals surface area contributed by atoms with Gasteiger partial charge in [-0.15, -0.1) is 0 Å². The van der Waals surface area contributed by atoms with Crippen LogP contribution in [0.4, 0.5) is 5.82 Å². The van der Waals surface area contributed by atoms with Crippen molar-refractivity contribution in [1.82, 2.24) is 10.3 Å². The van der Waals surface area contributed by atoms with E-state index in [1.807, 2.05) is 6.92 Å². The summed E-state index contributed by atoms with van der Waals surface area (Å²) < 4.78 is 18.2. The number of fused-ring (bicyclic) bond motifs is 2. The number of anilines is 1. The van der Waals surface area contributed by atoms with Crippen molar-refractivity contribution in [3.05, 3.63) is 68.7 Å². The van der Waals surface area contributed by atoms with Crippen LogP contribution in [0.5, 0.6) is 11.5 Å². The van der Waals surface area contributed by atoms with Crippen molar-refractivity contribution in [2.24, 2.45) is 0 Å². The van der Waals surface area contributed by atoms with Crippen molar-refractivity contribution in [3.63, 3.8) is 0 Å². The minimum Gasteiger partial charge on any atom is -0.507 e. The third kappa shape index (κ3) is 5.23. The van der Waals surface area contributed by atoms with Gasteiger partial charge in [0, 0.05) is 48.3 Å². The average Bonchev–Trinajstić information content (AvgIpc) is 2.87. The number of aromatic hydroxyl groups is 1. The van der Waals surface area contributed by atoms with Gasteiger partial charge in [-0.25, -0.2) is 9.78 Å². The molecule has 202 valence electrons. The van der Waals surface area contributed by atoms with E-state index in [-0.39, 0.29) is 35.3 Å². The van der Waals surface area contributed by atoms with Crippen LogP contribution in [0.3, 0.4) is 0 Å². The number of pyridine rings is 1. The molecule has 10 nitrogen and oxygen atoms in total. The van der Waals surface area contributed by atoms with E-state index in [4.69, 9.17) is 19.6 Å². The number of nitrogens with two attached hydrogens (primary N) is 1. The van der Waals surface area contributed by atoms with Crippen LogP contribution in [0.15, 0.2) is 45.3 Å². The van der Waals surface area contributed by atoms with E-state index in [1.165, 1.54) is 0 Å². The van der Waals surface area contributed by atoms with Crippen LogP contribution in [-0.4, -0.2) is 46.0 Å². The Balaban J connectivity index is 1.85. The predicted octanol–water partition coefficient (Wildman–Crippen LogP) is 2.74. The number of likely N-dealkylation sites (N-methyl/N-ethyl adjacent to an activating group) is 1. The molecule has 0 saturated heterocycles. The normalized spacial score (nSPS) is 16.7. The molecule has 0 spiro atoms. The highest BCUT2D eigenvalue weighted by atomic mass is 16.6. The van der Waals surface area contributed by atoms with E-state index < -0.39 is 29.7 Å². The number of hydrogen-bond donors (Lipinski definition) is 4. The lowest BCUT2D eigenvalue weighted by atomic mass is 9.86. The van der Waals surface area contributed by atoms with Crippen molar-refractivity contribution in [3.8, 4) is 11.5 Å². The highest BCUT2D eigenvalue weighted by Crippen LogP contribution is 2.46. The van der Waals surface area contributed by atoms with Gasteiger partial charge in [0.05, 0.1) is 0 Å². The Kier molecular flexibility index (Phi) is 7.75. The van der Waals surface area contributed by atoms with Crippen LogP contribution in [0.25, 0.3) is 11.0 Å². The number of phenols is 1. The summed E-state index contributed by atoms with van der Waals surface area (Å²) in [6.07, 6.45) is 2.87. The van der Waals surface area contributed by atoms with Crippen LogP contribution < -0.4 is 21.2 Å². The number of hydrogen-bond acceptors (Lipinski definition) is 10. The molecule has 1 atom stereocenters. The van der Waals surface area contributed by atoms with E-state index >= 15 is 0 Å². The molecule has 5 N–H and O–H groups in total. The number of ether oxygens (including phenoxy) is 2. The average molecular weight is 524 g/mol. The standard InChI is InChI=1S/C28H33N3O7/c1-5-16(13-30-6-2)27(35)37-21-12-18-24(34)23-20(33)11-17(14-32)36-26(23)19(25(18)38-28(21,3)4)9-15-7-8-31-22(29)10-15/h5,7-8,10-11,21,30,32,34H,6,9,12-14H2,1-4H3,(H2,29,31). The summed E-state index contributed by atoms with van der Waals surface area (Å²) in [6.45, 7) is 7.87. The van der Waals surface area contributed by atoms with E-state index in [9.17, 15) is 19.8 Å². The van der Waals surface area contributed by atoms with E-state index in [1.54, 1.807) is 45.2 Å². The highest BCUT2D eigenvalue weighted by molar-refractivity contribution is 5.91. The Morgan fingerprint density at radius 2 is 2.13 bits per heavy atom. The molecule has 38 heavy (non-hydrogen) atoms. The Morgan fingerprint density at radius 3 is 2.79 bits per heavy atom. The van der Waals surface area contributed by atoms with Gasteiger partial charge in [0.15, 0.2) is 5.43 Å². The molecule has 3 heterocycles. The van der Waals surface area contributed by atoms with Crippen LogP contribution in [-0.2, 0) is 29.0 Å². The van der Waals surface area contributed by atoms with E-state index in [0.717, 1.165) is 11.6 Å². The number of nitrogens with zero attached hydrogens (tertiary/aromatic N) is 1. The monoisotopic (exact) mass is 523 g/mol. The first-order valence-electron chi connectivity index (χ1n) is 12.5. The molecule has 0 saturated carbocycles. The van der Waals surface area contributed by atoms with Crippen molar-refractivity contribution < 1.29 is 28.9 Å². The summed E-state index contributed by atoms with van der Waals surface area (Å²) in [6, 6.07) is 4.62. The number of benzene rings is 1. The number of phenolic OH excluding ortho intramolecular Hbond substituents is 1. The second-order valence-corrected chi connectivity index (χ2v) is 9.74.